The minimum absolute atomic E-state index is 0.226. The number of allylic oxidation sites excluding steroid dienone is 1. The first kappa shape index (κ1) is 22.0. The second-order valence-corrected chi connectivity index (χ2v) is 8.83. The van der Waals surface area contributed by atoms with Gasteiger partial charge in [0.05, 0.1) is 16.8 Å². The molecule has 1 aliphatic carbocycles. The van der Waals surface area contributed by atoms with E-state index in [1.54, 1.807) is 24.3 Å². The monoisotopic (exact) mass is 477 g/mol. The molecule has 0 spiro atoms. The maximum Gasteiger partial charge on any atom is 0.339 e. The zero-order valence-electron chi connectivity index (χ0n) is 19.5. The van der Waals surface area contributed by atoms with Gasteiger partial charge in [0.1, 0.15) is 0 Å². The minimum Gasteiger partial charge on any atom is -0.454 e. The van der Waals surface area contributed by atoms with Crippen LogP contribution < -0.4 is 9.47 Å². The predicted molar refractivity (Wildman–Crippen MR) is 136 cm³/mol. The fourth-order valence-electron chi connectivity index (χ4n) is 4.82. The van der Waals surface area contributed by atoms with Crippen molar-refractivity contribution in [3.63, 3.8) is 0 Å². The highest BCUT2D eigenvalue weighted by molar-refractivity contribution is 6.08. The minimum atomic E-state index is -0.501. The van der Waals surface area contributed by atoms with E-state index in [-0.39, 0.29) is 19.2 Å². The van der Waals surface area contributed by atoms with E-state index < -0.39 is 5.97 Å². The van der Waals surface area contributed by atoms with E-state index in [9.17, 15) is 9.59 Å². The smallest absolute Gasteiger partial charge is 0.339 e. The number of aromatic nitrogens is 1. The van der Waals surface area contributed by atoms with Crippen LogP contribution in [-0.2, 0) is 11.2 Å². The number of pyridine rings is 1. The standard InChI is InChI=1S/C30H23NO5/c32-25(20-7-2-1-3-8-20)17-34-30(33)28-22-10-4-5-12-24(22)31-29-21(9-6-11-23(28)29)15-19-13-14-26-27(16-19)36-18-35-26/h1-5,7-8,10,12-16H,6,9,11,17-18H2. The molecule has 2 heterocycles. The van der Waals surface area contributed by atoms with Crippen molar-refractivity contribution < 1.29 is 23.8 Å². The van der Waals surface area contributed by atoms with Crippen LogP contribution in [0.3, 0.4) is 0 Å². The highest BCUT2D eigenvalue weighted by Gasteiger charge is 2.26. The van der Waals surface area contributed by atoms with Crippen molar-refractivity contribution in [2.75, 3.05) is 13.4 Å². The Kier molecular flexibility index (Phi) is 5.70. The Bertz CT molecular complexity index is 1520. The Morgan fingerprint density at radius 1 is 0.917 bits per heavy atom. The van der Waals surface area contributed by atoms with Crippen molar-refractivity contribution in [2.24, 2.45) is 0 Å². The number of carbonyl (C=O) groups is 2. The summed E-state index contributed by atoms with van der Waals surface area (Å²) in [5, 5.41) is 0.734. The van der Waals surface area contributed by atoms with Crippen LogP contribution >= 0.6 is 0 Å². The first-order chi connectivity index (χ1) is 17.7. The first-order valence-electron chi connectivity index (χ1n) is 11.9. The molecule has 6 rings (SSSR count). The second kappa shape index (κ2) is 9.30. The lowest BCUT2D eigenvalue weighted by molar-refractivity contribution is 0.0475. The molecule has 2 aliphatic rings. The molecule has 0 N–H and O–H groups in total. The Morgan fingerprint density at radius 3 is 2.61 bits per heavy atom. The molecule has 0 unspecified atom stereocenters. The van der Waals surface area contributed by atoms with Crippen molar-refractivity contribution in [3.05, 3.63) is 101 Å². The Labute approximate surface area is 208 Å². The van der Waals surface area contributed by atoms with Gasteiger partial charge >= 0.3 is 5.97 Å². The van der Waals surface area contributed by atoms with Crippen molar-refractivity contribution >= 4 is 34.3 Å². The molecule has 0 atom stereocenters. The van der Waals surface area contributed by atoms with Crippen LogP contribution in [0.25, 0.3) is 22.6 Å². The average molecular weight is 478 g/mol. The molecule has 3 aromatic carbocycles. The molecule has 0 saturated carbocycles. The number of fused-ring (bicyclic) bond motifs is 3. The summed E-state index contributed by atoms with van der Waals surface area (Å²) in [7, 11) is 0. The first-order valence-corrected chi connectivity index (χ1v) is 11.9. The summed E-state index contributed by atoms with van der Waals surface area (Å²) in [4.78, 5) is 30.9. The van der Waals surface area contributed by atoms with Crippen molar-refractivity contribution in [1.82, 2.24) is 4.98 Å². The topological polar surface area (TPSA) is 74.7 Å². The number of hydrogen-bond donors (Lipinski definition) is 0. The van der Waals surface area contributed by atoms with E-state index in [0.29, 0.717) is 17.5 Å². The summed E-state index contributed by atoms with van der Waals surface area (Å²) < 4.78 is 16.5. The third-order valence-electron chi connectivity index (χ3n) is 6.54. The molecule has 1 aliphatic heterocycles. The molecule has 6 heteroatoms. The lowest BCUT2D eigenvalue weighted by Gasteiger charge is -2.22. The van der Waals surface area contributed by atoms with Gasteiger partial charge < -0.3 is 14.2 Å². The van der Waals surface area contributed by atoms with Gasteiger partial charge in [0.25, 0.3) is 0 Å². The summed E-state index contributed by atoms with van der Waals surface area (Å²) in [6.07, 6.45) is 4.53. The number of rotatable bonds is 5. The SMILES string of the molecule is O=C(COC(=O)c1c2c(nc3ccccc13)C(=Cc1ccc3c(c1)OCO3)CCC2)c1ccccc1. The largest absolute Gasteiger partial charge is 0.454 e. The van der Waals surface area contributed by atoms with E-state index in [1.807, 2.05) is 48.5 Å². The fourth-order valence-corrected chi connectivity index (χ4v) is 4.82. The normalized spacial score (nSPS) is 15.1. The Morgan fingerprint density at radius 2 is 1.72 bits per heavy atom. The fraction of sp³-hybridized carbons (Fsp3) is 0.167. The van der Waals surface area contributed by atoms with Gasteiger partial charge in [-0.2, -0.15) is 0 Å². The van der Waals surface area contributed by atoms with Gasteiger partial charge in [0, 0.05) is 10.9 Å². The molecular formula is C30H23NO5. The third-order valence-corrected chi connectivity index (χ3v) is 6.54. The molecule has 36 heavy (non-hydrogen) atoms. The van der Waals surface area contributed by atoms with Crippen LogP contribution in [0.4, 0.5) is 0 Å². The van der Waals surface area contributed by atoms with Crippen LogP contribution in [0.1, 0.15) is 50.4 Å². The molecular weight excluding hydrogens is 454 g/mol. The number of ketones is 1. The summed E-state index contributed by atoms with van der Waals surface area (Å²) in [5.41, 5.74) is 5.43. The van der Waals surface area contributed by atoms with Gasteiger partial charge in [-0.05, 0) is 60.2 Å². The predicted octanol–water partition coefficient (Wildman–Crippen LogP) is 5.88. The van der Waals surface area contributed by atoms with Crippen molar-refractivity contribution in [2.45, 2.75) is 19.3 Å². The number of ether oxygens (including phenoxy) is 3. The molecule has 6 nitrogen and oxygen atoms in total. The number of nitrogens with zero attached hydrogens (tertiary/aromatic N) is 1. The van der Waals surface area contributed by atoms with Crippen molar-refractivity contribution in [3.8, 4) is 11.5 Å². The molecule has 1 aromatic heterocycles. The summed E-state index contributed by atoms with van der Waals surface area (Å²) >= 11 is 0. The van der Waals surface area contributed by atoms with Gasteiger partial charge in [0.2, 0.25) is 6.79 Å². The van der Waals surface area contributed by atoms with Gasteiger partial charge in [0.15, 0.2) is 23.9 Å². The molecule has 4 aromatic rings. The molecule has 0 saturated heterocycles. The van der Waals surface area contributed by atoms with Gasteiger partial charge in [-0.25, -0.2) is 9.78 Å². The van der Waals surface area contributed by atoms with Crippen LogP contribution in [0, 0.1) is 0 Å². The summed E-state index contributed by atoms with van der Waals surface area (Å²) in [6, 6.07) is 22.3. The number of benzene rings is 3. The highest BCUT2D eigenvalue weighted by Crippen LogP contribution is 2.38. The number of hydrogen-bond acceptors (Lipinski definition) is 6. The lowest BCUT2D eigenvalue weighted by Crippen LogP contribution is -2.18. The molecule has 0 amide bonds. The number of Topliss-reactive ketones (excluding diaryl/α,β-unsaturated/α-hetero) is 1. The van der Waals surface area contributed by atoms with Gasteiger partial charge in [-0.15, -0.1) is 0 Å². The average Bonchev–Trinajstić information content (AvgIpc) is 3.39. The Balaban J connectivity index is 1.38. The van der Waals surface area contributed by atoms with E-state index in [0.717, 1.165) is 57.6 Å². The maximum atomic E-state index is 13.4. The zero-order chi connectivity index (χ0) is 24.5. The van der Waals surface area contributed by atoms with E-state index in [1.165, 1.54) is 0 Å². The van der Waals surface area contributed by atoms with E-state index in [2.05, 4.69) is 6.08 Å². The quantitative estimate of drug-likeness (QED) is 0.264. The van der Waals surface area contributed by atoms with Crippen molar-refractivity contribution in [1.29, 1.82) is 0 Å². The third kappa shape index (κ3) is 4.11. The second-order valence-electron chi connectivity index (χ2n) is 8.83. The zero-order valence-corrected chi connectivity index (χ0v) is 19.5. The lowest BCUT2D eigenvalue weighted by atomic mass is 9.86. The molecule has 0 bridgehead atoms. The number of esters is 1. The highest BCUT2D eigenvalue weighted by atomic mass is 16.7. The Hall–Kier alpha value is -4.45. The van der Waals surface area contributed by atoms with Crippen LogP contribution in [0.2, 0.25) is 0 Å². The molecule has 0 fully saturated rings. The maximum absolute atomic E-state index is 13.4. The number of para-hydroxylation sites is 1. The molecule has 0 radical (unpaired) electrons. The van der Waals surface area contributed by atoms with E-state index >= 15 is 0 Å². The van der Waals surface area contributed by atoms with Crippen LogP contribution in [-0.4, -0.2) is 30.1 Å². The van der Waals surface area contributed by atoms with Crippen LogP contribution in [0.5, 0.6) is 11.5 Å². The summed E-state index contributed by atoms with van der Waals surface area (Å²) in [5.74, 6) is 0.720. The van der Waals surface area contributed by atoms with Gasteiger partial charge in [-0.3, -0.25) is 4.79 Å². The number of carbonyl (C=O) groups excluding carboxylic acids is 2. The van der Waals surface area contributed by atoms with Crippen LogP contribution in [0.15, 0.2) is 72.8 Å². The molecule has 178 valence electrons. The summed E-state index contributed by atoms with van der Waals surface area (Å²) in [6.45, 7) is -0.0852. The van der Waals surface area contributed by atoms with E-state index in [4.69, 9.17) is 19.2 Å². The van der Waals surface area contributed by atoms with Gasteiger partial charge in [-0.1, -0.05) is 54.6 Å².